The Morgan fingerprint density at radius 2 is 1.39 bits per heavy atom. The molecule has 0 aromatic heterocycles. The molecule has 2 nitrogen and oxygen atoms in total. The second kappa shape index (κ2) is 6.41. The van der Waals surface area contributed by atoms with Crippen LogP contribution in [0.2, 0.25) is 0 Å². The first-order chi connectivity index (χ1) is 8.81. The number of nitrogens with zero attached hydrogens (tertiary/aromatic N) is 2. The van der Waals surface area contributed by atoms with Crippen LogP contribution in [0.15, 0.2) is 48.5 Å². The fourth-order valence-electron chi connectivity index (χ4n) is 1.26. The zero-order chi connectivity index (χ0) is 12.8. The second-order valence-electron chi connectivity index (χ2n) is 3.41. The first-order valence-electron chi connectivity index (χ1n) is 5.14. The van der Waals surface area contributed by atoms with Crippen molar-refractivity contribution < 1.29 is 0 Å². The molecule has 0 fully saturated rings. The molecule has 2 aromatic rings. The molecular formula is C14H8N2Se2. The number of rotatable bonds is 3. The Morgan fingerprint density at radius 1 is 0.889 bits per heavy atom. The molecule has 86 valence electrons. The molecule has 0 saturated carbocycles. The van der Waals surface area contributed by atoms with Gasteiger partial charge in [-0.1, -0.05) is 0 Å². The molecule has 0 heterocycles. The molecule has 0 radical (unpaired) electrons. The summed E-state index contributed by atoms with van der Waals surface area (Å²) < 4.78 is 2.63. The molecule has 0 aliphatic rings. The van der Waals surface area contributed by atoms with Crippen LogP contribution in [-0.2, 0) is 0 Å². The molecule has 0 atom stereocenters. The summed E-state index contributed by atoms with van der Waals surface area (Å²) in [6.07, 6.45) is 0. The molecule has 0 amide bonds. The van der Waals surface area contributed by atoms with Crippen LogP contribution >= 0.6 is 0 Å². The Bertz CT molecular complexity index is 547. The van der Waals surface area contributed by atoms with Gasteiger partial charge in [0, 0.05) is 0 Å². The van der Waals surface area contributed by atoms with Crippen molar-refractivity contribution in [3.05, 3.63) is 65.5 Å². The first-order valence-corrected chi connectivity index (χ1v) is 11.2. The van der Waals surface area contributed by atoms with Gasteiger partial charge in [0.1, 0.15) is 0 Å². The van der Waals surface area contributed by atoms with Crippen LogP contribution < -0.4 is 8.92 Å². The fourth-order valence-corrected chi connectivity index (χ4v) is 7.22. The Labute approximate surface area is 117 Å². The predicted molar refractivity (Wildman–Crippen MR) is 74.6 cm³/mol. The Hall–Kier alpha value is -1.54. The van der Waals surface area contributed by atoms with Crippen molar-refractivity contribution in [1.82, 2.24) is 0 Å². The van der Waals surface area contributed by atoms with Crippen molar-refractivity contribution in [2.75, 3.05) is 0 Å². The molecule has 2 rings (SSSR count). The number of hydrogen-bond donors (Lipinski definition) is 0. The molecule has 18 heavy (non-hydrogen) atoms. The van der Waals surface area contributed by atoms with Crippen LogP contribution in [0.25, 0.3) is 4.85 Å². The van der Waals surface area contributed by atoms with Gasteiger partial charge in [-0.05, 0) is 0 Å². The summed E-state index contributed by atoms with van der Waals surface area (Å²) in [5.41, 5.74) is 1.41. The summed E-state index contributed by atoms with van der Waals surface area (Å²) >= 11 is 0.863. The Balaban J connectivity index is 1.98. The number of nitriles is 1. The van der Waals surface area contributed by atoms with E-state index in [9.17, 15) is 0 Å². The van der Waals surface area contributed by atoms with Gasteiger partial charge in [0.15, 0.2) is 0 Å². The summed E-state index contributed by atoms with van der Waals surface area (Å²) in [5.74, 6) is 0. The maximum atomic E-state index is 8.72. The van der Waals surface area contributed by atoms with Gasteiger partial charge in [-0.2, -0.15) is 0 Å². The fraction of sp³-hybridized carbons (Fsp3) is 0. The summed E-state index contributed by atoms with van der Waals surface area (Å²) in [6, 6.07) is 17.8. The monoisotopic (exact) mass is 364 g/mol. The normalized spacial score (nSPS) is 9.44. The van der Waals surface area contributed by atoms with E-state index in [1.54, 1.807) is 0 Å². The van der Waals surface area contributed by atoms with E-state index in [4.69, 9.17) is 11.8 Å². The molecule has 0 aliphatic heterocycles. The second-order valence-corrected chi connectivity index (χ2v) is 9.72. The summed E-state index contributed by atoms with van der Waals surface area (Å²) in [6.45, 7) is 6.90. The first kappa shape index (κ1) is 12.9. The van der Waals surface area contributed by atoms with Crippen molar-refractivity contribution in [3.63, 3.8) is 0 Å². The SMILES string of the molecule is [C-]#[N+]c1ccc([Se][Se]c2ccc(C#N)cc2)cc1. The minimum atomic E-state index is 0.431. The molecule has 2 aromatic carbocycles. The van der Waals surface area contributed by atoms with E-state index in [0.29, 0.717) is 37.5 Å². The Morgan fingerprint density at radius 3 is 1.83 bits per heavy atom. The molecular weight excluding hydrogens is 354 g/mol. The van der Waals surface area contributed by atoms with Crippen molar-refractivity contribution in [2.24, 2.45) is 0 Å². The van der Waals surface area contributed by atoms with Crippen LogP contribution in [0, 0.1) is 17.9 Å². The summed E-state index contributed by atoms with van der Waals surface area (Å²) in [7, 11) is 0. The summed E-state index contributed by atoms with van der Waals surface area (Å²) in [4.78, 5) is 3.38. The van der Waals surface area contributed by atoms with Crippen molar-refractivity contribution in [3.8, 4) is 6.07 Å². The molecule has 0 spiro atoms. The van der Waals surface area contributed by atoms with Crippen LogP contribution in [-0.4, -0.2) is 26.3 Å². The molecule has 0 aliphatic carbocycles. The van der Waals surface area contributed by atoms with E-state index in [1.807, 2.05) is 48.5 Å². The zero-order valence-corrected chi connectivity index (χ0v) is 12.8. The van der Waals surface area contributed by atoms with Gasteiger partial charge in [0.2, 0.25) is 0 Å². The topological polar surface area (TPSA) is 28.1 Å². The van der Waals surface area contributed by atoms with Gasteiger partial charge in [-0.15, -0.1) is 0 Å². The third-order valence-electron chi connectivity index (χ3n) is 2.18. The zero-order valence-electron chi connectivity index (χ0n) is 9.33. The van der Waals surface area contributed by atoms with Crippen LogP contribution in [0.3, 0.4) is 0 Å². The molecule has 0 saturated heterocycles. The quantitative estimate of drug-likeness (QED) is 0.599. The number of benzene rings is 2. The van der Waals surface area contributed by atoms with Crippen LogP contribution in [0.5, 0.6) is 0 Å². The standard InChI is InChI=1S/C14H8N2Se2/c1-16-12-4-8-14(9-5-12)18-17-13-6-2-11(10-15)3-7-13/h2-9H. The van der Waals surface area contributed by atoms with Crippen LogP contribution in [0.4, 0.5) is 5.69 Å². The Kier molecular flexibility index (Phi) is 4.59. The third kappa shape index (κ3) is 3.47. The minimum absolute atomic E-state index is 0.431. The van der Waals surface area contributed by atoms with Crippen molar-refractivity contribution in [1.29, 1.82) is 5.26 Å². The number of hydrogen-bond acceptors (Lipinski definition) is 1. The maximum absolute atomic E-state index is 8.72. The third-order valence-corrected chi connectivity index (χ3v) is 9.41. The van der Waals surface area contributed by atoms with Gasteiger partial charge < -0.3 is 0 Å². The molecule has 0 N–H and O–H groups in total. The van der Waals surface area contributed by atoms with E-state index >= 15 is 0 Å². The van der Waals surface area contributed by atoms with E-state index in [-0.39, 0.29) is 0 Å². The average Bonchev–Trinajstić information content (AvgIpc) is 2.46. The van der Waals surface area contributed by atoms with Gasteiger partial charge in [0.25, 0.3) is 0 Å². The molecule has 0 bridgehead atoms. The van der Waals surface area contributed by atoms with E-state index in [1.165, 1.54) is 8.92 Å². The van der Waals surface area contributed by atoms with Gasteiger partial charge >= 0.3 is 118 Å². The van der Waals surface area contributed by atoms with E-state index in [2.05, 4.69) is 10.9 Å². The van der Waals surface area contributed by atoms with Crippen LogP contribution in [0.1, 0.15) is 5.56 Å². The van der Waals surface area contributed by atoms with Gasteiger partial charge in [-0.3, -0.25) is 0 Å². The van der Waals surface area contributed by atoms with E-state index in [0.717, 1.165) is 0 Å². The van der Waals surface area contributed by atoms with E-state index < -0.39 is 0 Å². The van der Waals surface area contributed by atoms with Crippen molar-refractivity contribution in [2.45, 2.75) is 0 Å². The molecule has 0 unspecified atom stereocenters. The van der Waals surface area contributed by atoms with Gasteiger partial charge in [-0.25, -0.2) is 0 Å². The van der Waals surface area contributed by atoms with Crippen molar-refractivity contribution >= 4 is 40.9 Å². The predicted octanol–water partition coefficient (Wildman–Crippen LogP) is 1.38. The molecule has 4 heteroatoms. The summed E-state index contributed by atoms with van der Waals surface area (Å²) in [5, 5.41) is 8.72. The van der Waals surface area contributed by atoms with Gasteiger partial charge in [0.05, 0.1) is 0 Å². The average molecular weight is 362 g/mol.